The lowest BCUT2D eigenvalue weighted by atomic mass is 10.1. The number of nitrogens with one attached hydrogen (secondary N) is 1. The highest BCUT2D eigenvalue weighted by atomic mass is 32.2. The van der Waals surface area contributed by atoms with Crippen LogP contribution in [0, 0.1) is 0 Å². The highest BCUT2D eigenvalue weighted by Gasteiger charge is 2.16. The minimum atomic E-state index is -1.02. The van der Waals surface area contributed by atoms with E-state index in [0.717, 1.165) is 11.1 Å². The molecule has 116 valence electrons. The molecular formula is C17H19NO3S. The summed E-state index contributed by atoms with van der Waals surface area (Å²) in [7, 11) is -1.02. The second-order valence-corrected chi connectivity index (χ2v) is 6.60. The number of phenols is 1. The molecule has 0 bridgehead atoms. The predicted molar refractivity (Wildman–Crippen MR) is 88.1 cm³/mol. The first-order valence-corrected chi connectivity index (χ1v) is 8.69. The lowest BCUT2D eigenvalue weighted by Gasteiger charge is -2.18. The third-order valence-corrected chi connectivity index (χ3v) is 4.02. The molecule has 22 heavy (non-hydrogen) atoms. The fraction of sp³-hybridized carbons (Fsp3) is 0.235. The summed E-state index contributed by atoms with van der Waals surface area (Å²) >= 11 is 0. The molecule has 5 heteroatoms. The summed E-state index contributed by atoms with van der Waals surface area (Å²) in [6.07, 6.45) is 1.80. The Bertz CT molecular complexity index is 658. The van der Waals surface area contributed by atoms with Crippen LogP contribution in [0.2, 0.25) is 0 Å². The second-order valence-electron chi connectivity index (χ2n) is 5.12. The molecule has 2 aromatic carbocycles. The zero-order valence-corrected chi connectivity index (χ0v) is 13.2. The van der Waals surface area contributed by atoms with Crippen LogP contribution in [0.15, 0.2) is 54.6 Å². The molecule has 0 aromatic heterocycles. The predicted octanol–water partition coefficient (Wildman–Crippen LogP) is 2.17. The molecule has 0 aliphatic carbocycles. The van der Waals surface area contributed by atoms with Gasteiger partial charge in [-0.15, -0.1) is 0 Å². The highest BCUT2D eigenvalue weighted by Crippen LogP contribution is 2.15. The van der Waals surface area contributed by atoms with Crippen LogP contribution in [0.25, 0.3) is 0 Å². The summed E-state index contributed by atoms with van der Waals surface area (Å²) in [4.78, 5) is 12.2. The van der Waals surface area contributed by atoms with Crippen molar-refractivity contribution in [3.8, 4) is 5.75 Å². The molecule has 2 aromatic rings. The summed E-state index contributed by atoms with van der Waals surface area (Å²) in [5, 5.41) is 12.4. The third-order valence-electron chi connectivity index (χ3n) is 3.21. The van der Waals surface area contributed by atoms with Gasteiger partial charge in [-0.3, -0.25) is 9.00 Å². The van der Waals surface area contributed by atoms with E-state index >= 15 is 0 Å². The normalized spacial score (nSPS) is 13.3. The molecule has 0 saturated carbocycles. The fourth-order valence-corrected chi connectivity index (χ4v) is 2.98. The van der Waals surface area contributed by atoms with Gasteiger partial charge in [0.15, 0.2) is 0 Å². The van der Waals surface area contributed by atoms with Gasteiger partial charge in [-0.2, -0.15) is 0 Å². The lowest BCUT2D eigenvalue weighted by molar-refractivity contribution is -0.121. The molecule has 0 fully saturated rings. The zero-order chi connectivity index (χ0) is 15.9. The maximum Gasteiger partial charge on any atom is 0.224 e. The Balaban J connectivity index is 2.06. The van der Waals surface area contributed by atoms with Gasteiger partial charge in [-0.25, -0.2) is 0 Å². The standard InChI is InChI=1S/C17H19NO3S/c1-22(21)12-16(14-7-3-2-4-8-14)18-17(20)11-13-6-5-9-15(19)10-13/h2-10,16,19H,11-12H2,1H3,(H,18,20)/t16-,22-/m0/s1. The van der Waals surface area contributed by atoms with Crippen LogP contribution >= 0.6 is 0 Å². The summed E-state index contributed by atoms with van der Waals surface area (Å²) in [5.41, 5.74) is 1.67. The van der Waals surface area contributed by atoms with Gasteiger partial charge in [0, 0.05) is 22.8 Å². The molecule has 0 unspecified atom stereocenters. The quantitative estimate of drug-likeness (QED) is 0.858. The minimum absolute atomic E-state index is 0.138. The Morgan fingerprint density at radius 1 is 1.18 bits per heavy atom. The van der Waals surface area contributed by atoms with Crippen molar-refractivity contribution in [2.45, 2.75) is 12.5 Å². The number of carbonyl (C=O) groups is 1. The van der Waals surface area contributed by atoms with Gasteiger partial charge in [-0.05, 0) is 23.3 Å². The SMILES string of the molecule is C[S@](=O)C[C@H](NC(=O)Cc1cccc(O)c1)c1ccccc1. The second kappa shape index (κ2) is 7.75. The van der Waals surface area contributed by atoms with Gasteiger partial charge in [-0.1, -0.05) is 42.5 Å². The van der Waals surface area contributed by atoms with E-state index in [1.54, 1.807) is 30.5 Å². The smallest absolute Gasteiger partial charge is 0.224 e. The molecular weight excluding hydrogens is 298 g/mol. The first-order chi connectivity index (χ1) is 10.5. The molecule has 0 radical (unpaired) electrons. The zero-order valence-electron chi connectivity index (χ0n) is 12.4. The van der Waals surface area contributed by atoms with Gasteiger partial charge < -0.3 is 10.4 Å². The summed E-state index contributed by atoms with van der Waals surface area (Å²) in [6.45, 7) is 0. The summed E-state index contributed by atoms with van der Waals surface area (Å²) in [6, 6.07) is 15.8. The summed E-state index contributed by atoms with van der Waals surface area (Å²) in [5.74, 6) is 0.347. The van der Waals surface area contributed by atoms with E-state index < -0.39 is 10.8 Å². The van der Waals surface area contributed by atoms with E-state index in [1.807, 2.05) is 30.3 Å². The molecule has 0 spiro atoms. The Morgan fingerprint density at radius 2 is 1.91 bits per heavy atom. The van der Waals surface area contributed by atoms with E-state index in [0.29, 0.717) is 5.75 Å². The van der Waals surface area contributed by atoms with Crippen molar-refractivity contribution in [2.75, 3.05) is 12.0 Å². The minimum Gasteiger partial charge on any atom is -0.508 e. The monoisotopic (exact) mass is 317 g/mol. The molecule has 2 N–H and O–H groups in total. The number of carbonyl (C=O) groups excluding carboxylic acids is 1. The fourth-order valence-electron chi connectivity index (χ4n) is 2.24. The van der Waals surface area contributed by atoms with Gasteiger partial charge in [0.25, 0.3) is 0 Å². The van der Waals surface area contributed by atoms with Gasteiger partial charge in [0.2, 0.25) is 5.91 Å². The number of rotatable bonds is 6. The van der Waals surface area contributed by atoms with E-state index in [-0.39, 0.29) is 24.1 Å². The van der Waals surface area contributed by atoms with Crippen molar-refractivity contribution in [3.63, 3.8) is 0 Å². The first-order valence-electron chi connectivity index (χ1n) is 6.97. The molecule has 0 aliphatic heterocycles. The number of aromatic hydroxyl groups is 1. The van der Waals surface area contributed by atoms with Crippen LogP contribution in [0.4, 0.5) is 0 Å². The molecule has 0 saturated heterocycles. The Hall–Kier alpha value is -2.14. The van der Waals surface area contributed by atoms with E-state index in [1.165, 1.54) is 0 Å². The molecule has 1 amide bonds. The van der Waals surface area contributed by atoms with Crippen LogP contribution in [-0.4, -0.2) is 27.2 Å². The van der Waals surface area contributed by atoms with Gasteiger partial charge >= 0.3 is 0 Å². The maximum atomic E-state index is 12.2. The average molecular weight is 317 g/mol. The van der Waals surface area contributed by atoms with Crippen LogP contribution in [0.5, 0.6) is 5.75 Å². The van der Waals surface area contributed by atoms with E-state index in [4.69, 9.17) is 0 Å². The van der Waals surface area contributed by atoms with Crippen molar-refractivity contribution in [2.24, 2.45) is 0 Å². The Kier molecular flexibility index (Phi) is 5.72. The van der Waals surface area contributed by atoms with E-state index in [9.17, 15) is 14.1 Å². The Labute approximate surface area is 132 Å². The number of hydrogen-bond acceptors (Lipinski definition) is 3. The van der Waals surface area contributed by atoms with Gasteiger partial charge in [0.05, 0.1) is 12.5 Å². The number of amides is 1. The van der Waals surface area contributed by atoms with Crippen molar-refractivity contribution in [1.29, 1.82) is 0 Å². The maximum absolute atomic E-state index is 12.2. The van der Waals surface area contributed by atoms with Crippen LogP contribution in [0.1, 0.15) is 17.2 Å². The van der Waals surface area contributed by atoms with Crippen LogP contribution in [-0.2, 0) is 22.0 Å². The van der Waals surface area contributed by atoms with Crippen LogP contribution in [0.3, 0.4) is 0 Å². The number of benzene rings is 2. The Morgan fingerprint density at radius 3 is 2.55 bits per heavy atom. The molecule has 0 heterocycles. The lowest BCUT2D eigenvalue weighted by Crippen LogP contribution is -2.32. The molecule has 2 atom stereocenters. The number of hydrogen-bond donors (Lipinski definition) is 2. The third kappa shape index (κ3) is 5.00. The topological polar surface area (TPSA) is 66.4 Å². The highest BCUT2D eigenvalue weighted by molar-refractivity contribution is 7.84. The molecule has 4 nitrogen and oxygen atoms in total. The first kappa shape index (κ1) is 16.2. The van der Waals surface area contributed by atoms with Crippen LogP contribution < -0.4 is 5.32 Å². The summed E-state index contributed by atoms with van der Waals surface area (Å²) < 4.78 is 11.5. The molecule has 0 aliphatic rings. The largest absolute Gasteiger partial charge is 0.508 e. The van der Waals surface area contributed by atoms with Crippen molar-refractivity contribution in [3.05, 3.63) is 65.7 Å². The molecule has 2 rings (SSSR count). The number of phenolic OH excluding ortho intramolecular Hbond substituents is 1. The average Bonchev–Trinajstić information content (AvgIpc) is 2.47. The van der Waals surface area contributed by atoms with E-state index in [2.05, 4.69) is 5.32 Å². The van der Waals surface area contributed by atoms with Gasteiger partial charge in [0.1, 0.15) is 5.75 Å². The van der Waals surface area contributed by atoms with Crippen molar-refractivity contribution >= 4 is 16.7 Å². The van der Waals surface area contributed by atoms with Crippen molar-refractivity contribution < 1.29 is 14.1 Å². The van der Waals surface area contributed by atoms with Crippen molar-refractivity contribution in [1.82, 2.24) is 5.32 Å².